The number of hydrogen-bond acceptors (Lipinski definition) is 2. The number of likely N-dealkylation sites (tertiary alicyclic amines) is 1. The van der Waals surface area contributed by atoms with Crippen LogP contribution in [-0.2, 0) is 4.79 Å². The average molecular weight is 272 g/mol. The van der Waals surface area contributed by atoms with E-state index in [1.807, 2.05) is 0 Å². The maximum atomic E-state index is 12.1. The summed E-state index contributed by atoms with van der Waals surface area (Å²) in [5, 5.41) is 0.847. The van der Waals surface area contributed by atoms with E-state index in [-0.39, 0.29) is 11.7 Å². The van der Waals surface area contributed by atoms with Gasteiger partial charge in [0.2, 0.25) is 0 Å². The Morgan fingerprint density at radius 3 is 2.41 bits per heavy atom. The standard InChI is InChI=1S/C12H11Cl2NO2/c13-8-1-2-10(11(14)7-8)12(17)15-5-3-9(16)4-6-15/h1-2,7H,3-6H2. The van der Waals surface area contributed by atoms with Crippen LogP contribution in [0.25, 0.3) is 0 Å². The predicted octanol–water partition coefficient (Wildman–Crippen LogP) is 2.80. The van der Waals surface area contributed by atoms with Crippen molar-refractivity contribution in [2.45, 2.75) is 12.8 Å². The summed E-state index contributed by atoms with van der Waals surface area (Å²) in [4.78, 5) is 24.9. The highest BCUT2D eigenvalue weighted by Crippen LogP contribution is 2.23. The summed E-state index contributed by atoms with van der Waals surface area (Å²) in [6.45, 7) is 0.938. The number of carbonyl (C=O) groups is 2. The van der Waals surface area contributed by atoms with E-state index in [1.54, 1.807) is 23.1 Å². The van der Waals surface area contributed by atoms with Crippen LogP contribution in [-0.4, -0.2) is 29.7 Å². The minimum absolute atomic E-state index is 0.140. The highest BCUT2D eigenvalue weighted by atomic mass is 35.5. The summed E-state index contributed by atoms with van der Waals surface area (Å²) in [5.74, 6) is 0.0652. The summed E-state index contributed by atoms with van der Waals surface area (Å²) in [5.41, 5.74) is 0.436. The van der Waals surface area contributed by atoms with Gasteiger partial charge in [0, 0.05) is 31.0 Å². The molecule has 0 unspecified atom stereocenters. The molecule has 1 fully saturated rings. The van der Waals surface area contributed by atoms with E-state index in [0.29, 0.717) is 41.5 Å². The Morgan fingerprint density at radius 2 is 1.82 bits per heavy atom. The molecular formula is C12H11Cl2NO2. The summed E-state index contributed by atoms with van der Waals surface area (Å²) in [6.07, 6.45) is 0.855. The van der Waals surface area contributed by atoms with Crippen LogP contribution >= 0.6 is 23.2 Å². The van der Waals surface area contributed by atoms with Gasteiger partial charge in [-0.05, 0) is 18.2 Å². The van der Waals surface area contributed by atoms with Crippen LogP contribution < -0.4 is 0 Å². The highest BCUT2D eigenvalue weighted by molar-refractivity contribution is 6.36. The lowest BCUT2D eigenvalue weighted by Crippen LogP contribution is -2.38. The smallest absolute Gasteiger partial charge is 0.255 e. The van der Waals surface area contributed by atoms with Gasteiger partial charge in [0.15, 0.2) is 0 Å². The fraction of sp³-hybridized carbons (Fsp3) is 0.333. The number of nitrogens with zero attached hydrogens (tertiary/aromatic N) is 1. The number of halogens is 2. The van der Waals surface area contributed by atoms with Crippen LogP contribution in [0.4, 0.5) is 0 Å². The Morgan fingerprint density at radius 1 is 1.18 bits per heavy atom. The van der Waals surface area contributed by atoms with Gasteiger partial charge in [0.1, 0.15) is 5.78 Å². The van der Waals surface area contributed by atoms with Gasteiger partial charge in [-0.1, -0.05) is 23.2 Å². The van der Waals surface area contributed by atoms with Gasteiger partial charge in [-0.2, -0.15) is 0 Å². The van der Waals surface area contributed by atoms with Crippen molar-refractivity contribution >= 4 is 34.9 Å². The Balaban J connectivity index is 2.16. The molecule has 0 spiro atoms. The van der Waals surface area contributed by atoms with E-state index < -0.39 is 0 Å². The molecule has 1 aliphatic heterocycles. The van der Waals surface area contributed by atoms with Gasteiger partial charge in [-0.25, -0.2) is 0 Å². The Hall–Kier alpha value is -1.06. The van der Waals surface area contributed by atoms with Crippen molar-refractivity contribution in [2.75, 3.05) is 13.1 Å². The summed E-state index contributed by atoms with van der Waals surface area (Å²) >= 11 is 11.7. The predicted molar refractivity (Wildman–Crippen MR) is 66.6 cm³/mol. The van der Waals surface area contributed by atoms with Crippen molar-refractivity contribution in [3.05, 3.63) is 33.8 Å². The van der Waals surface area contributed by atoms with E-state index in [4.69, 9.17) is 23.2 Å². The van der Waals surface area contributed by atoms with E-state index in [0.717, 1.165) is 0 Å². The number of amides is 1. The number of rotatable bonds is 1. The second kappa shape index (κ2) is 5.07. The molecule has 1 saturated heterocycles. The van der Waals surface area contributed by atoms with Gasteiger partial charge in [-0.3, -0.25) is 9.59 Å². The van der Waals surface area contributed by atoms with E-state index in [2.05, 4.69) is 0 Å². The fourth-order valence-corrected chi connectivity index (χ4v) is 2.28. The molecule has 1 aromatic carbocycles. The maximum absolute atomic E-state index is 12.1. The zero-order valence-corrected chi connectivity index (χ0v) is 10.6. The topological polar surface area (TPSA) is 37.4 Å². The minimum atomic E-state index is -0.140. The Kier molecular flexibility index (Phi) is 3.69. The molecule has 0 N–H and O–H groups in total. The van der Waals surface area contributed by atoms with E-state index in [9.17, 15) is 9.59 Å². The molecule has 5 heteroatoms. The summed E-state index contributed by atoms with van der Waals surface area (Å²) in [6, 6.07) is 4.80. The third kappa shape index (κ3) is 2.79. The Bertz CT molecular complexity index is 464. The maximum Gasteiger partial charge on any atom is 0.255 e. The lowest BCUT2D eigenvalue weighted by atomic mass is 10.1. The number of ketones is 1. The van der Waals surface area contributed by atoms with E-state index >= 15 is 0 Å². The van der Waals surface area contributed by atoms with E-state index in [1.165, 1.54) is 0 Å². The van der Waals surface area contributed by atoms with Crippen molar-refractivity contribution in [3.63, 3.8) is 0 Å². The molecule has 1 aromatic rings. The van der Waals surface area contributed by atoms with Gasteiger partial charge in [-0.15, -0.1) is 0 Å². The van der Waals surface area contributed by atoms with Crippen molar-refractivity contribution in [1.82, 2.24) is 4.90 Å². The quantitative estimate of drug-likeness (QED) is 0.788. The van der Waals surface area contributed by atoms with Crippen molar-refractivity contribution < 1.29 is 9.59 Å². The first-order chi connectivity index (χ1) is 8.08. The zero-order chi connectivity index (χ0) is 12.4. The van der Waals surface area contributed by atoms with Gasteiger partial charge in [0.25, 0.3) is 5.91 Å². The molecule has 0 aromatic heterocycles. The van der Waals surface area contributed by atoms with Crippen LogP contribution in [0.5, 0.6) is 0 Å². The number of piperidine rings is 1. The SMILES string of the molecule is O=C1CCN(C(=O)c2ccc(Cl)cc2Cl)CC1. The molecular weight excluding hydrogens is 261 g/mol. The van der Waals surface area contributed by atoms with Crippen molar-refractivity contribution in [2.24, 2.45) is 0 Å². The van der Waals surface area contributed by atoms with Gasteiger partial charge >= 0.3 is 0 Å². The lowest BCUT2D eigenvalue weighted by Gasteiger charge is -2.26. The molecule has 0 atom stereocenters. The minimum Gasteiger partial charge on any atom is -0.338 e. The molecule has 0 aliphatic carbocycles. The highest BCUT2D eigenvalue weighted by Gasteiger charge is 2.23. The first-order valence-electron chi connectivity index (χ1n) is 5.34. The fourth-order valence-electron chi connectivity index (χ4n) is 1.79. The zero-order valence-electron chi connectivity index (χ0n) is 9.08. The summed E-state index contributed by atoms with van der Waals surface area (Å²) in [7, 11) is 0. The molecule has 90 valence electrons. The number of Topliss-reactive ketones (excluding diaryl/α,β-unsaturated/α-hetero) is 1. The van der Waals surface area contributed by atoms with Crippen molar-refractivity contribution in [1.29, 1.82) is 0 Å². The molecule has 0 bridgehead atoms. The monoisotopic (exact) mass is 271 g/mol. The molecule has 1 aliphatic rings. The normalized spacial score (nSPS) is 16.1. The largest absolute Gasteiger partial charge is 0.338 e. The molecule has 0 radical (unpaired) electrons. The van der Waals surface area contributed by atoms with Crippen LogP contribution in [0.3, 0.4) is 0 Å². The molecule has 1 amide bonds. The Labute approximate surface area is 109 Å². The van der Waals surface area contributed by atoms with Crippen LogP contribution in [0.1, 0.15) is 23.2 Å². The first-order valence-corrected chi connectivity index (χ1v) is 6.09. The third-order valence-corrected chi connectivity index (χ3v) is 3.32. The second-order valence-corrected chi connectivity index (χ2v) is 4.80. The number of hydrogen-bond donors (Lipinski definition) is 0. The van der Waals surface area contributed by atoms with Crippen LogP contribution in [0.2, 0.25) is 10.0 Å². The van der Waals surface area contributed by atoms with Crippen molar-refractivity contribution in [3.8, 4) is 0 Å². The van der Waals surface area contributed by atoms with Gasteiger partial charge < -0.3 is 4.90 Å². The molecule has 2 rings (SSSR count). The first kappa shape index (κ1) is 12.4. The number of carbonyl (C=O) groups excluding carboxylic acids is 2. The number of benzene rings is 1. The van der Waals surface area contributed by atoms with Crippen LogP contribution in [0.15, 0.2) is 18.2 Å². The van der Waals surface area contributed by atoms with Crippen LogP contribution in [0, 0.1) is 0 Å². The molecule has 17 heavy (non-hydrogen) atoms. The molecule has 3 nitrogen and oxygen atoms in total. The molecule has 0 saturated carbocycles. The molecule has 1 heterocycles. The summed E-state index contributed by atoms with van der Waals surface area (Å²) < 4.78 is 0. The lowest BCUT2D eigenvalue weighted by molar-refractivity contribution is -0.120. The van der Waals surface area contributed by atoms with Gasteiger partial charge in [0.05, 0.1) is 10.6 Å². The third-order valence-electron chi connectivity index (χ3n) is 2.77. The second-order valence-electron chi connectivity index (χ2n) is 3.96. The average Bonchev–Trinajstić information content (AvgIpc) is 2.29.